The third kappa shape index (κ3) is 5.02. The van der Waals surface area contributed by atoms with Crippen molar-refractivity contribution in [3.05, 3.63) is 70.8 Å². The van der Waals surface area contributed by atoms with E-state index in [-0.39, 0.29) is 18.0 Å². The smallest absolute Gasteiger partial charge is 0.416 e. The van der Waals surface area contributed by atoms with Gasteiger partial charge in [0.05, 0.1) is 12.2 Å². The Labute approximate surface area is 157 Å². The predicted molar refractivity (Wildman–Crippen MR) is 99.7 cm³/mol. The first-order chi connectivity index (χ1) is 11.9. The van der Waals surface area contributed by atoms with Gasteiger partial charge in [-0.3, -0.25) is 4.90 Å². The molecule has 26 heavy (non-hydrogen) atoms. The summed E-state index contributed by atoms with van der Waals surface area (Å²) in [5, 5.41) is 0. The molecule has 0 aromatic heterocycles. The van der Waals surface area contributed by atoms with Crippen molar-refractivity contribution in [3.8, 4) is 5.75 Å². The zero-order chi connectivity index (χ0) is 17.9. The third-order valence-electron chi connectivity index (χ3n) is 4.19. The number of fused-ring (bicyclic) bond motifs is 1. The molecule has 0 radical (unpaired) electrons. The number of hydrogen-bond donors (Lipinski definition) is 0. The number of hydrogen-bond acceptors (Lipinski definition) is 2. The Kier molecular flexibility index (Phi) is 6.73. The summed E-state index contributed by atoms with van der Waals surface area (Å²) in [6.07, 6.45) is -0.1000. The topological polar surface area (TPSA) is 12.5 Å². The molecule has 6 heteroatoms. The Hall–Kier alpha value is -1.98. The van der Waals surface area contributed by atoms with E-state index in [0.29, 0.717) is 6.54 Å². The molecule has 2 aromatic rings. The van der Waals surface area contributed by atoms with Crippen molar-refractivity contribution in [3.63, 3.8) is 0 Å². The van der Waals surface area contributed by atoms with Crippen molar-refractivity contribution >= 4 is 18.5 Å². The molecule has 0 aliphatic carbocycles. The molecular weight excluding hydrogens is 363 g/mol. The van der Waals surface area contributed by atoms with Crippen LogP contribution in [-0.2, 0) is 19.1 Å². The number of halogens is 4. The van der Waals surface area contributed by atoms with E-state index in [0.717, 1.165) is 31.4 Å². The van der Waals surface area contributed by atoms with E-state index in [9.17, 15) is 13.2 Å². The fraction of sp³-hybridized carbons (Fsp3) is 0.300. The Morgan fingerprint density at radius 1 is 1.15 bits per heavy atom. The molecule has 0 fully saturated rings. The monoisotopic (exact) mass is 383 g/mol. The summed E-state index contributed by atoms with van der Waals surface area (Å²) in [4.78, 5) is 2.06. The average molecular weight is 384 g/mol. The van der Waals surface area contributed by atoms with E-state index < -0.39 is 11.7 Å². The molecule has 1 heterocycles. The number of ether oxygens (including phenoxy) is 1. The molecule has 2 nitrogen and oxygen atoms in total. The molecule has 0 saturated carbocycles. The first-order valence-electron chi connectivity index (χ1n) is 8.19. The summed E-state index contributed by atoms with van der Waals surface area (Å²) in [5.41, 5.74) is 1.99. The van der Waals surface area contributed by atoms with Crippen molar-refractivity contribution in [2.24, 2.45) is 0 Å². The molecule has 0 spiro atoms. The molecular formula is C20H21ClF3NO. The second-order valence-electron chi connectivity index (χ2n) is 6.22. The van der Waals surface area contributed by atoms with Crippen LogP contribution in [0.25, 0.3) is 6.08 Å². The molecule has 0 bridgehead atoms. The lowest BCUT2D eigenvalue weighted by Crippen LogP contribution is -2.17. The van der Waals surface area contributed by atoms with Crippen LogP contribution in [0.4, 0.5) is 13.2 Å². The van der Waals surface area contributed by atoms with Crippen LogP contribution in [0, 0.1) is 0 Å². The molecule has 3 rings (SSSR count). The molecule has 1 aliphatic heterocycles. The fourth-order valence-corrected chi connectivity index (χ4v) is 2.97. The standard InChI is InChI=1S/C20H20F3NO.ClH/c1-24(14-15-8-9-19-17(13-15)10-12-25-19)11-4-6-16-5-2-3-7-18(16)20(21,22)23;/h2-9,13H,10-12,14H2,1H3;1H/b6-4+;. The maximum Gasteiger partial charge on any atom is 0.416 e. The summed E-state index contributed by atoms with van der Waals surface area (Å²) < 4.78 is 44.4. The fourth-order valence-electron chi connectivity index (χ4n) is 2.97. The normalized spacial score (nSPS) is 13.6. The quantitative estimate of drug-likeness (QED) is 0.703. The Balaban J connectivity index is 0.00000243. The summed E-state index contributed by atoms with van der Waals surface area (Å²) >= 11 is 0. The minimum absolute atomic E-state index is 0. The van der Waals surface area contributed by atoms with Gasteiger partial charge in [-0.2, -0.15) is 13.2 Å². The molecule has 0 amide bonds. The maximum absolute atomic E-state index is 13.0. The number of rotatable bonds is 5. The number of likely N-dealkylation sites (N-methyl/N-ethyl adjacent to an activating group) is 1. The van der Waals surface area contributed by atoms with Crippen molar-refractivity contribution in [2.75, 3.05) is 20.2 Å². The van der Waals surface area contributed by atoms with E-state index >= 15 is 0 Å². The second-order valence-corrected chi connectivity index (χ2v) is 6.22. The van der Waals surface area contributed by atoms with Crippen LogP contribution >= 0.6 is 12.4 Å². The van der Waals surface area contributed by atoms with E-state index in [4.69, 9.17) is 4.74 Å². The lowest BCUT2D eigenvalue weighted by atomic mass is 10.1. The van der Waals surface area contributed by atoms with Crippen LogP contribution in [0.3, 0.4) is 0 Å². The van der Waals surface area contributed by atoms with Gasteiger partial charge in [-0.15, -0.1) is 12.4 Å². The van der Waals surface area contributed by atoms with Crippen LogP contribution in [0.5, 0.6) is 5.75 Å². The van der Waals surface area contributed by atoms with Crippen LogP contribution in [0.2, 0.25) is 0 Å². The second kappa shape index (κ2) is 8.60. The van der Waals surface area contributed by atoms with Crippen LogP contribution in [0.15, 0.2) is 48.5 Å². The van der Waals surface area contributed by atoms with Gasteiger partial charge in [0.2, 0.25) is 0 Å². The first-order valence-corrected chi connectivity index (χ1v) is 8.19. The lowest BCUT2D eigenvalue weighted by molar-refractivity contribution is -0.137. The van der Waals surface area contributed by atoms with Crippen molar-refractivity contribution < 1.29 is 17.9 Å². The van der Waals surface area contributed by atoms with Crippen LogP contribution in [-0.4, -0.2) is 25.1 Å². The minimum atomic E-state index is -4.33. The first kappa shape index (κ1) is 20.3. The lowest BCUT2D eigenvalue weighted by Gasteiger charge is -2.15. The average Bonchev–Trinajstić information content (AvgIpc) is 3.02. The highest BCUT2D eigenvalue weighted by Gasteiger charge is 2.32. The van der Waals surface area contributed by atoms with Crippen molar-refractivity contribution in [2.45, 2.75) is 19.1 Å². The van der Waals surface area contributed by atoms with Gasteiger partial charge < -0.3 is 4.74 Å². The van der Waals surface area contributed by atoms with Gasteiger partial charge in [0.15, 0.2) is 0 Å². The molecule has 0 atom stereocenters. The SMILES string of the molecule is CN(C/C=C/c1ccccc1C(F)(F)F)Cc1ccc2c(c1)CCO2.Cl. The summed E-state index contributed by atoms with van der Waals surface area (Å²) in [7, 11) is 1.95. The number of nitrogens with zero attached hydrogens (tertiary/aromatic N) is 1. The van der Waals surface area contributed by atoms with Gasteiger partial charge >= 0.3 is 6.18 Å². The van der Waals surface area contributed by atoms with E-state index in [1.807, 2.05) is 19.2 Å². The third-order valence-corrected chi connectivity index (χ3v) is 4.19. The molecule has 1 aliphatic rings. The number of benzene rings is 2. The van der Waals surface area contributed by atoms with Gasteiger partial charge in [-0.1, -0.05) is 42.5 Å². The molecule has 0 N–H and O–H groups in total. The molecule has 0 saturated heterocycles. The number of alkyl halides is 3. The van der Waals surface area contributed by atoms with Crippen LogP contribution < -0.4 is 4.74 Å². The van der Waals surface area contributed by atoms with Crippen LogP contribution in [0.1, 0.15) is 22.3 Å². The highest BCUT2D eigenvalue weighted by molar-refractivity contribution is 5.85. The van der Waals surface area contributed by atoms with Gasteiger partial charge in [0.1, 0.15) is 5.75 Å². The van der Waals surface area contributed by atoms with Crippen molar-refractivity contribution in [1.82, 2.24) is 4.90 Å². The molecule has 140 valence electrons. The predicted octanol–water partition coefficient (Wildman–Crippen LogP) is 5.21. The summed E-state index contributed by atoms with van der Waals surface area (Å²) in [6.45, 7) is 2.04. The van der Waals surface area contributed by atoms with E-state index in [1.54, 1.807) is 12.1 Å². The Morgan fingerprint density at radius 3 is 2.69 bits per heavy atom. The van der Waals surface area contributed by atoms with Gasteiger partial charge in [0.25, 0.3) is 0 Å². The Bertz CT molecular complexity index is 774. The maximum atomic E-state index is 13.0. The molecule has 0 unspecified atom stereocenters. The summed E-state index contributed by atoms with van der Waals surface area (Å²) in [6, 6.07) is 11.8. The highest BCUT2D eigenvalue weighted by Crippen LogP contribution is 2.32. The zero-order valence-corrected chi connectivity index (χ0v) is 15.2. The van der Waals surface area contributed by atoms with Gasteiger partial charge in [0, 0.05) is 19.5 Å². The minimum Gasteiger partial charge on any atom is -0.493 e. The molecule has 2 aromatic carbocycles. The summed E-state index contributed by atoms with van der Waals surface area (Å²) in [5.74, 6) is 0.954. The largest absolute Gasteiger partial charge is 0.493 e. The Morgan fingerprint density at radius 2 is 1.92 bits per heavy atom. The highest BCUT2D eigenvalue weighted by atomic mass is 35.5. The zero-order valence-electron chi connectivity index (χ0n) is 14.4. The van der Waals surface area contributed by atoms with Crippen molar-refractivity contribution in [1.29, 1.82) is 0 Å². The van der Waals surface area contributed by atoms with Gasteiger partial charge in [-0.05, 0) is 35.9 Å². The van der Waals surface area contributed by atoms with E-state index in [2.05, 4.69) is 11.0 Å². The van der Waals surface area contributed by atoms with Gasteiger partial charge in [-0.25, -0.2) is 0 Å². The van der Waals surface area contributed by atoms with E-state index in [1.165, 1.54) is 29.3 Å².